The number of rotatable bonds is 12. The third-order valence-electron chi connectivity index (χ3n) is 3.42. The van der Waals surface area contributed by atoms with Gasteiger partial charge >= 0.3 is 0 Å². The quantitative estimate of drug-likeness (QED) is 0.395. The smallest absolute Gasteiger partial charge is 0.0701 e. The van der Waals surface area contributed by atoms with Crippen molar-refractivity contribution in [3.05, 3.63) is 0 Å². The Kier molecular flexibility index (Phi) is 10.9. The second kappa shape index (κ2) is 11.9. The van der Waals surface area contributed by atoms with Gasteiger partial charge in [0.1, 0.15) is 0 Å². The number of hydrogen-bond acceptors (Lipinski definition) is 5. The molecule has 1 heterocycles. The van der Waals surface area contributed by atoms with E-state index < -0.39 is 0 Å². The highest BCUT2D eigenvalue weighted by Crippen LogP contribution is 2.32. The molecule has 0 aromatic carbocycles. The highest BCUT2D eigenvalue weighted by atomic mass is 79.9. The SMILES string of the molecule is COCCOCCOCCOCC1(CBr)CCOCC1. The van der Waals surface area contributed by atoms with E-state index in [4.69, 9.17) is 23.7 Å². The molecular weight excluding hydrogens is 328 g/mol. The van der Waals surface area contributed by atoms with Crippen LogP contribution in [0.25, 0.3) is 0 Å². The summed E-state index contributed by atoms with van der Waals surface area (Å²) in [5.74, 6) is 0. The first-order chi connectivity index (χ1) is 9.83. The third kappa shape index (κ3) is 7.90. The molecule has 0 aromatic heterocycles. The van der Waals surface area contributed by atoms with Gasteiger partial charge < -0.3 is 23.7 Å². The molecule has 1 aliphatic rings. The first-order valence-corrected chi connectivity index (χ1v) is 8.31. The summed E-state index contributed by atoms with van der Waals surface area (Å²) >= 11 is 3.60. The van der Waals surface area contributed by atoms with Crippen LogP contribution in [-0.2, 0) is 23.7 Å². The first-order valence-electron chi connectivity index (χ1n) is 7.19. The minimum atomic E-state index is 0.238. The molecule has 1 aliphatic heterocycles. The van der Waals surface area contributed by atoms with Gasteiger partial charge in [-0.05, 0) is 12.8 Å². The zero-order chi connectivity index (χ0) is 14.5. The molecule has 20 heavy (non-hydrogen) atoms. The van der Waals surface area contributed by atoms with Gasteiger partial charge in [0.15, 0.2) is 0 Å². The molecule has 0 unspecified atom stereocenters. The van der Waals surface area contributed by atoms with Crippen LogP contribution in [-0.4, -0.2) is 71.9 Å². The summed E-state index contributed by atoms with van der Waals surface area (Å²) in [6, 6.07) is 0. The van der Waals surface area contributed by atoms with Crippen molar-refractivity contribution in [2.45, 2.75) is 12.8 Å². The van der Waals surface area contributed by atoms with Crippen LogP contribution in [0.1, 0.15) is 12.8 Å². The van der Waals surface area contributed by atoms with Crippen LogP contribution in [0.2, 0.25) is 0 Å². The normalized spacial score (nSPS) is 18.3. The highest BCUT2D eigenvalue weighted by Gasteiger charge is 2.31. The molecule has 0 spiro atoms. The Morgan fingerprint density at radius 3 is 2.00 bits per heavy atom. The molecule has 0 bridgehead atoms. The Bertz CT molecular complexity index is 222. The van der Waals surface area contributed by atoms with E-state index in [0.717, 1.165) is 38.0 Å². The first kappa shape index (κ1) is 18.3. The van der Waals surface area contributed by atoms with Gasteiger partial charge in [0.05, 0.1) is 46.2 Å². The highest BCUT2D eigenvalue weighted by molar-refractivity contribution is 9.09. The number of halogens is 1. The van der Waals surface area contributed by atoms with Crippen LogP contribution in [0.5, 0.6) is 0 Å². The van der Waals surface area contributed by atoms with Crippen LogP contribution in [0.3, 0.4) is 0 Å². The number of ether oxygens (including phenoxy) is 5. The van der Waals surface area contributed by atoms with Crippen LogP contribution in [0.4, 0.5) is 0 Å². The summed E-state index contributed by atoms with van der Waals surface area (Å²) in [5.41, 5.74) is 0.238. The van der Waals surface area contributed by atoms with E-state index in [1.165, 1.54) is 0 Å². The monoisotopic (exact) mass is 354 g/mol. The second-order valence-corrected chi connectivity index (χ2v) is 5.58. The predicted molar refractivity (Wildman–Crippen MR) is 80.6 cm³/mol. The summed E-state index contributed by atoms with van der Waals surface area (Å²) in [4.78, 5) is 0. The lowest BCUT2D eigenvalue weighted by Gasteiger charge is -2.35. The molecule has 6 heteroatoms. The number of methoxy groups -OCH3 is 1. The van der Waals surface area contributed by atoms with Crippen LogP contribution >= 0.6 is 15.9 Å². The number of hydrogen-bond donors (Lipinski definition) is 0. The van der Waals surface area contributed by atoms with Crippen LogP contribution in [0.15, 0.2) is 0 Å². The molecule has 0 aromatic rings. The minimum Gasteiger partial charge on any atom is -0.382 e. The molecule has 0 aliphatic carbocycles. The average molecular weight is 355 g/mol. The van der Waals surface area contributed by atoms with Crippen molar-refractivity contribution in [3.63, 3.8) is 0 Å². The molecular formula is C14H27BrO5. The summed E-state index contributed by atoms with van der Waals surface area (Å²) in [5, 5.41) is 0.970. The van der Waals surface area contributed by atoms with Crippen molar-refractivity contribution in [3.8, 4) is 0 Å². The molecule has 120 valence electrons. The van der Waals surface area contributed by atoms with Crippen molar-refractivity contribution in [2.75, 3.05) is 71.9 Å². The van der Waals surface area contributed by atoms with Gasteiger partial charge in [0.25, 0.3) is 0 Å². The van der Waals surface area contributed by atoms with Gasteiger partial charge in [0.2, 0.25) is 0 Å². The maximum absolute atomic E-state index is 5.74. The van der Waals surface area contributed by atoms with E-state index in [2.05, 4.69) is 15.9 Å². The van der Waals surface area contributed by atoms with Gasteiger partial charge in [-0.2, -0.15) is 0 Å². The molecule has 0 saturated carbocycles. The van der Waals surface area contributed by atoms with E-state index in [-0.39, 0.29) is 5.41 Å². The van der Waals surface area contributed by atoms with Crippen LogP contribution < -0.4 is 0 Å². The maximum Gasteiger partial charge on any atom is 0.0701 e. The molecule has 5 nitrogen and oxygen atoms in total. The van der Waals surface area contributed by atoms with E-state index in [1.807, 2.05) is 0 Å². The molecule has 0 atom stereocenters. The Morgan fingerprint density at radius 1 is 0.900 bits per heavy atom. The van der Waals surface area contributed by atoms with Crippen LogP contribution in [0, 0.1) is 5.41 Å². The second-order valence-electron chi connectivity index (χ2n) is 5.02. The molecule has 1 rings (SSSR count). The summed E-state index contributed by atoms with van der Waals surface area (Å²) in [6.45, 7) is 6.14. The third-order valence-corrected chi connectivity index (χ3v) is 4.61. The van der Waals surface area contributed by atoms with Gasteiger partial charge in [0, 0.05) is 31.1 Å². The van der Waals surface area contributed by atoms with E-state index in [0.29, 0.717) is 39.6 Å². The fraction of sp³-hybridized carbons (Fsp3) is 1.00. The van der Waals surface area contributed by atoms with Crippen molar-refractivity contribution in [1.82, 2.24) is 0 Å². The largest absolute Gasteiger partial charge is 0.382 e. The molecule has 0 radical (unpaired) electrons. The Balaban J connectivity index is 1.91. The fourth-order valence-corrected chi connectivity index (χ4v) is 2.71. The van der Waals surface area contributed by atoms with E-state index in [9.17, 15) is 0 Å². The lowest BCUT2D eigenvalue weighted by atomic mass is 9.83. The van der Waals surface area contributed by atoms with Crippen molar-refractivity contribution in [1.29, 1.82) is 0 Å². The Hall–Kier alpha value is 0.280. The zero-order valence-corrected chi connectivity index (χ0v) is 14.0. The average Bonchev–Trinajstić information content (AvgIpc) is 2.50. The Labute approximate surface area is 130 Å². The van der Waals surface area contributed by atoms with Gasteiger partial charge in [-0.15, -0.1) is 0 Å². The Morgan fingerprint density at radius 2 is 1.45 bits per heavy atom. The summed E-state index contributed by atoms with van der Waals surface area (Å²) in [7, 11) is 1.66. The van der Waals surface area contributed by atoms with Crippen molar-refractivity contribution >= 4 is 15.9 Å². The lowest BCUT2D eigenvalue weighted by molar-refractivity contribution is -0.0438. The molecule has 0 amide bonds. The van der Waals surface area contributed by atoms with E-state index >= 15 is 0 Å². The number of alkyl halides is 1. The predicted octanol–water partition coefficient (Wildman–Crippen LogP) is 1.87. The summed E-state index contributed by atoms with van der Waals surface area (Å²) in [6.07, 6.45) is 2.12. The topological polar surface area (TPSA) is 46.2 Å². The maximum atomic E-state index is 5.74. The van der Waals surface area contributed by atoms with Crippen molar-refractivity contribution < 1.29 is 23.7 Å². The lowest BCUT2D eigenvalue weighted by Crippen LogP contribution is -2.36. The summed E-state index contributed by atoms with van der Waals surface area (Å²) < 4.78 is 26.8. The van der Waals surface area contributed by atoms with Gasteiger partial charge in [-0.3, -0.25) is 0 Å². The molecule has 0 N–H and O–H groups in total. The van der Waals surface area contributed by atoms with E-state index in [1.54, 1.807) is 7.11 Å². The minimum absolute atomic E-state index is 0.238. The zero-order valence-electron chi connectivity index (χ0n) is 12.4. The fourth-order valence-electron chi connectivity index (χ4n) is 1.99. The van der Waals surface area contributed by atoms with Crippen molar-refractivity contribution in [2.24, 2.45) is 5.41 Å². The van der Waals surface area contributed by atoms with Gasteiger partial charge in [-0.25, -0.2) is 0 Å². The van der Waals surface area contributed by atoms with Gasteiger partial charge in [-0.1, -0.05) is 15.9 Å². The molecule has 1 fully saturated rings. The standard InChI is InChI=1S/C14H27BrO5/c1-16-6-7-18-8-9-19-10-11-20-13-14(12-15)2-4-17-5-3-14/h2-13H2,1H3. The molecule has 1 saturated heterocycles.